The number of hydrogen-bond donors (Lipinski definition) is 2. The fourth-order valence-corrected chi connectivity index (χ4v) is 3.52. The molecule has 0 aliphatic heterocycles. The standard InChI is InChI=1S/C14H12ClNO3S2/c15-12-3-5-14(6-4-12)21(18,19)16-9-13-8-11(10-20-13)2-1-7-17/h3-6,8,10,16-17H,7,9H2. The van der Waals surface area contributed by atoms with Gasteiger partial charge in [-0.1, -0.05) is 23.4 Å². The molecular weight excluding hydrogens is 330 g/mol. The van der Waals surface area contributed by atoms with Crippen LogP contribution in [0.4, 0.5) is 0 Å². The van der Waals surface area contributed by atoms with E-state index in [1.807, 2.05) is 5.38 Å². The summed E-state index contributed by atoms with van der Waals surface area (Å²) in [6.45, 7) is -0.00912. The van der Waals surface area contributed by atoms with Crippen LogP contribution in [0, 0.1) is 11.8 Å². The number of thiophene rings is 1. The number of benzene rings is 1. The minimum atomic E-state index is -3.56. The van der Waals surface area contributed by atoms with E-state index in [9.17, 15) is 8.42 Å². The van der Waals surface area contributed by atoms with Gasteiger partial charge in [0.15, 0.2) is 0 Å². The maximum atomic E-state index is 12.1. The third-order valence-electron chi connectivity index (χ3n) is 2.53. The second-order valence-electron chi connectivity index (χ2n) is 4.04. The Hall–Kier alpha value is -1.36. The Morgan fingerprint density at radius 3 is 2.67 bits per heavy atom. The average molecular weight is 342 g/mol. The lowest BCUT2D eigenvalue weighted by Crippen LogP contribution is -2.22. The number of halogens is 1. The van der Waals surface area contributed by atoms with Crippen LogP contribution < -0.4 is 4.72 Å². The molecule has 0 aliphatic rings. The van der Waals surface area contributed by atoms with E-state index in [-0.39, 0.29) is 18.0 Å². The number of hydrogen-bond acceptors (Lipinski definition) is 4. The van der Waals surface area contributed by atoms with Crippen LogP contribution in [0.2, 0.25) is 5.02 Å². The van der Waals surface area contributed by atoms with E-state index < -0.39 is 10.0 Å². The van der Waals surface area contributed by atoms with Gasteiger partial charge in [-0.3, -0.25) is 0 Å². The Morgan fingerprint density at radius 2 is 2.00 bits per heavy atom. The molecule has 0 saturated carbocycles. The molecule has 0 bridgehead atoms. The molecule has 2 aromatic rings. The van der Waals surface area contributed by atoms with Crippen LogP contribution in [-0.2, 0) is 16.6 Å². The SMILES string of the molecule is O=S(=O)(NCc1cc(C#CCO)cs1)c1ccc(Cl)cc1. The predicted octanol–water partition coefficient (Wildman–Crippen LogP) is 2.22. The summed E-state index contributed by atoms with van der Waals surface area (Å²) in [6.07, 6.45) is 0. The van der Waals surface area contributed by atoms with Gasteiger partial charge in [0.25, 0.3) is 0 Å². The zero-order valence-electron chi connectivity index (χ0n) is 10.8. The topological polar surface area (TPSA) is 66.4 Å². The summed E-state index contributed by atoms with van der Waals surface area (Å²) in [7, 11) is -3.56. The smallest absolute Gasteiger partial charge is 0.240 e. The number of rotatable bonds is 4. The van der Waals surface area contributed by atoms with Crippen molar-refractivity contribution in [2.75, 3.05) is 6.61 Å². The molecule has 1 aromatic carbocycles. The monoisotopic (exact) mass is 341 g/mol. The normalized spacial score (nSPS) is 11.0. The Kier molecular flexibility index (Phi) is 5.39. The highest BCUT2D eigenvalue weighted by molar-refractivity contribution is 7.89. The molecule has 2 N–H and O–H groups in total. The molecule has 1 aromatic heterocycles. The second kappa shape index (κ2) is 7.07. The van der Waals surface area contributed by atoms with E-state index >= 15 is 0 Å². The lowest BCUT2D eigenvalue weighted by molar-refractivity contribution is 0.350. The third kappa shape index (κ3) is 4.56. The van der Waals surface area contributed by atoms with E-state index in [1.165, 1.54) is 35.6 Å². The summed E-state index contributed by atoms with van der Waals surface area (Å²) in [5, 5.41) is 10.9. The highest BCUT2D eigenvalue weighted by Crippen LogP contribution is 2.17. The Labute approximate surface area is 132 Å². The summed E-state index contributed by atoms with van der Waals surface area (Å²) in [4.78, 5) is 1.01. The molecule has 0 unspecified atom stereocenters. The van der Waals surface area contributed by atoms with Crippen LogP contribution in [-0.4, -0.2) is 20.1 Å². The van der Waals surface area contributed by atoms with Crippen LogP contribution in [0.1, 0.15) is 10.4 Å². The maximum absolute atomic E-state index is 12.1. The summed E-state index contributed by atoms with van der Waals surface area (Å²) < 4.78 is 26.7. The van der Waals surface area contributed by atoms with Gasteiger partial charge in [-0.15, -0.1) is 11.3 Å². The molecule has 2 rings (SSSR count). The lowest BCUT2D eigenvalue weighted by atomic mass is 10.3. The average Bonchev–Trinajstić information content (AvgIpc) is 2.91. The highest BCUT2D eigenvalue weighted by Gasteiger charge is 2.13. The Bertz CT molecular complexity index is 771. The minimum Gasteiger partial charge on any atom is -0.384 e. The van der Waals surface area contributed by atoms with Gasteiger partial charge in [-0.2, -0.15) is 0 Å². The molecule has 0 fully saturated rings. The van der Waals surface area contributed by atoms with Crippen LogP contribution in [0.3, 0.4) is 0 Å². The van der Waals surface area contributed by atoms with Crippen molar-refractivity contribution in [2.45, 2.75) is 11.4 Å². The third-order valence-corrected chi connectivity index (χ3v) is 5.13. The van der Waals surface area contributed by atoms with Crippen molar-refractivity contribution in [2.24, 2.45) is 0 Å². The molecule has 0 aliphatic carbocycles. The van der Waals surface area contributed by atoms with Crippen LogP contribution in [0.15, 0.2) is 40.6 Å². The highest BCUT2D eigenvalue weighted by atomic mass is 35.5. The molecule has 0 atom stereocenters. The summed E-state index contributed by atoms with van der Waals surface area (Å²) in [5.74, 6) is 5.31. The largest absolute Gasteiger partial charge is 0.384 e. The van der Waals surface area contributed by atoms with Crippen molar-refractivity contribution in [3.63, 3.8) is 0 Å². The van der Waals surface area contributed by atoms with Gasteiger partial charge < -0.3 is 5.11 Å². The van der Waals surface area contributed by atoms with E-state index in [4.69, 9.17) is 16.7 Å². The molecule has 21 heavy (non-hydrogen) atoms. The van der Waals surface area contributed by atoms with Gasteiger partial charge >= 0.3 is 0 Å². The van der Waals surface area contributed by atoms with Gasteiger partial charge in [0, 0.05) is 27.4 Å². The van der Waals surface area contributed by atoms with Crippen LogP contribution >= 0.6 is 22.9 Å². The second-order valence-corrected chi connectivity index (χ2v) is 7.24. The first-order valence-electron chi connectivity index (χ1n) is 5.93. The van der Waals surface area contributed by atoms with Crippen molar-refractivity contribution >= 4 is 33.0 Å². The fourth-order valence-electron chi connectivity index (χ4n) is 1.54. The van der Waals surface area contributed by atoms with Gasteiger partial charge in [-0.25, -0.2) is 13.1 Å². The first-order valence-corrected chi connectivity index (χ1v) is 8.68. The minimum absolute atomic E-state index is 0.170. The molecule has 4 nitrogen and oxygen atoms in total. The number of aliphatic hydroxyl groups is 1. The van der Waals surface area contributed by atoms with Crippen molar-refractivity contribution < 1.29 is 13.5 Å². The van der Waals surface area contributed by atoms with E-state index in [2.05, 4.69) is 16.6 Å². The van der Waals surface area contributed by atoms with Gasteiger partial charge in [-0.05, 0) is 30.3 Å². The van der Waals surface area contributed by atoms with E-state index in [0.717, 1.165) is 10.4 Å². The molecule has 0 radical (unpaired) electrons. The Morgan fingerprint density at radius 1 is 1.29 bits per heavy atom. The molecular formula is C14H12ClNO3S2. The van der Waals surface area contributed by atoms with Gasteiger partial charge in [0.05, 0.1) is 4.90 Å². The molecule has 110 valence electrons. The van der Waals surface area contributed by atoms with E-state index in [1.54, 1.807) is 6.07 Å². The fraction of sp³-hybridized carbons (Fsp3) is 0.143. The summed E-state index contributed by atoms with van der Waals surface area (Å²) in [6, 6.07) is 7.76. The maximum Gasteiger partial charge on any atom is 0.240 e. The predicted molar refractivity (Wildman–Crippen MR) is 83.8 cm³/mol. The van der Waals surface area contributed by atoms with Gasteiger partial charge in [0.1, 0.15) is 6.61 Å². The quantitative estimate of drug-likeness (QED) is 0.838. The van der Waals surface area contributed by atoms with Crippen molar-refractivity contribution in [3.8, 4) is 11.8 Å². The first-order chi connectivity index (χ1) is 10.0. The van der Waals surface area contributed by atoms with Gasteiger partial charge in [0.2, 0.25) is 10.0 Å². The zero-order valence-corrected chi connectivity index (χ0v) is 13.2. The Balaban J connectivity index is 2.05. The van der Waals surface area contributed by atoms with Crippen LogP contribution in [0.25, 0.3) is 0 Å². The molecule has 1 heterocycles. The van der Waals surface area contributed by atoms with Crippen molar-refractivity contribution in [3.05, 3.63) is 51.2 Å². The number of aliphatic hydroxyl groups excluding tert-OH is 1. The van der Waals surface area contributed by atoms with E-state index in [0.29, 0.717) is 5.02 Å². The number of sulfonamides is 1. The molecule has 0 amide bonds. The molecule has 7 heteroatoms. The van der Waals surface area contributed by atoms with Crippen LogP contribution in [0.5, 0.6) is 0 Å². The molecule has 0 saturated heterocycles. The first kappa shape index (κ1) is 16.0. The lowest BCUT2D eigenvalue weighted by Gasteiger charge is -2.05. The summed E-state index contributed by atoms with van der Waals surface area (Å²) in [5.41, 5.74) is 0.759. The van der Waals surface area contributed by atoms with Crippen molar-refractivity contribution in [1.29, 1.82) is 0 Å². The zero-order chi connectivity index (χ0) is 15.3. The number of nitrogens with one attached hydrogen (secondary N) is 1. The van der Waals surface area contributed by atoms with Crippen molar-refractivity contribution in [1.82, 2.24) is 4.72 Å². The molecule has 0 spiro atoms. The summed E-state index contributed by atoms with van der Waals surface area (Å²) >= 11 is 7.14.